The van der Waals surface area contributed by atoms with E-state index in [-0.39, 0.29) is 101 Å². The molecule has 8 aromatic rings. The molecule has 1 atom stereocenters. The first-order valence-corrected chi connectivity index (χ1v) is 28.0. The van der Waals surface area contributed by atoms with Crippen molar-refractivity contribution in [3.63, 3.8) is 0 Å². The van der Waals surface area contributed by atoms with E-state index in [0.717, 1.165) is 13.0 Å². The number of aromatic nitrogens is 11. The maximum atomic E-state index is 13.5. The summed E-state index contributed by atoms with van der Waals surface area (Å²) < 4.78 is 11.9. The Hall–Kier alpha value is -11.4. The Balaban J connectivity index is 0.758. The molecule has 0 aliphatic rings. The number of imidazole rings is 3. The number of amides is 10. The van der Waals surface area contributed by atoms with Crippen molar-refractivity contribution in [1.29, 1.82) is 0 Å². The average molecular weight is 1240 g/mol. The molecule has 0 aliphatic heterocycles. The molecule has 10 amide bonds. The molecule has 0 saturated carbocycles. The smallest absolute Gasteiger partial charge is 0.291 e. The molecular formula is C57H71N23O10. The summed E-state index contributed by atoms with van der Waals surface area (Å²) in [5, 5.41) is 27.2. The SMILES string of the molecule is CN(C)CCCNC(=O)CCNC(=O)c1cc(NC(=O)c2cc(NC(=O)c3nc(NC(=O)c4cc(NC(=O)[C@H](N)CCNC(=O)c5nc(NC(=O)c6cc(NC(=O)c7cc(NC(=O)c8nccn8C)cn7C)cn6C)cn5C)cn4C)cn3C)cn2C)cn1C. The van der Waals surface area contributed by atoms with E-state index in [1.165, 1.54) is 88.7 Å². The normalized spacial score (nSPS) is 11.4. The van der Waals surface area contributed by atoms with E-state index in [0.29, 0.717) is 23.6 Å². The summed E-state index contributed by atoms with van der Waals surface area (Å²) in [5.41, 5.74) is 8.66. The second-order valence-corrected chi connectivity index (χ2v) is 21.5. The highest BCUT2D eigenvalue weighted by atomic mass is 16.2. The molecule has 12 N–H and O–H groups in total. The highest BCUT2D eigenvalue weighted by Gasteiger charge is 2.25. The van der Waals surface area contributed by atoms with E-state index in [2.05, 4.69) is 68.1 Å². The number of nitrogens with one attached hydrogen (secondary N) is 10. The van der Waals surface area contributed by atoms with Gasteiger partial charge in [0.1, 0.15) is 28.5 Å². The zero-order valence-corrected chi connectivity index (χ0v) is 51.1. The second kappa shape index (κ2) is 28.0. The molecule has 0 unspecified atom stereocenters. The van der Waals surface area contributed by atoms with Crippen LogP contribution in [-0.4, -0.2) is 162 Å². The van der Waals surface area contributed by atoms with Gasteiger partial charge in [-0.25, -0.2) is 15.0 Å². The number of aryl methyl sites for hydroxylation is 8. The lowest BCUT2D eigenvalue weighted by atomic mass is 10.2. The average Bonchev–Trinajstić information content (AvgIpc) is 2.82. The number of hydrogen-bond donors (Lipinski definition) is 11. The van der Waals surface area contributed by atoms with Crippen molar-refractivity contribution in [3.8, 4) is 0 Å². The van der Waals surface area contributed by atoms with Crippen LogP contribution in [0, 0.1) is 0 Å². The summed E-state index contributed by atoms with van der Waals surface area (Å²) in [6.07, 6.45) is 14.6. The van der Waals surface area contributed by atoms with Crippen LogP contribution >= 0.6 is 0 Å². The second-order valence-electron chi connectivity index (χ2n) is 21.5. The molecule has 0 aliphatic carbocycles. The molecule has 0 saturated heterocycles. The third-order valence-corrected chi connectivity index (χ3v) is 14.0. The van der Waals surface area contributed by atoms with Gasteiger partial charge in [0.25, 0.3) is 47.3 Å². The summed E-state index contributed by atoms with van der Waals surface area (Å²) in [6.45, 7) is 1.46. The van der Waals surface area contributed by atoms with E-state index in [4.69, 9.17) is 5.73 Å². The number of carbonyl (C=O) groups excluding carboxylic acids is 10. The summed E-state index contributed by atoms with van der Waals surface area (Å²) in [7, 11) is 16.8. The van der Waals surface area contributed by atoms with Crippen molar-refractivity contribution in [3.05, 3.63) is 132 Å². The molecule has 474 valence electrons. The van der Waals surface area contributed by atoms with Crippen LogP contribution in [0.25, 0.3) is 0 Å². The van der Waals surface area contributed by atoms with Gasteiger partial charge in [0.2, 0.25) is 23.5 Å². The predicted octanol–water partition coefficient (Wildman–Crippen LogP) is 1.37. The van der Waals surface area contributed by atoms with Crippen LogP contribution < -0.4 is 58.9 Å². The fourth-order valence-electron chi connectivity index (χ4n) is 9.36. The number of nitrogens with two attached hydrogens (primary N) is 1. The first kappa shape index (κ1) is 64.6. The summed E-state index contributed by atoms with van der Waals surface area (Å²) in [5.74, 6) is -5.01. The van der Waals surface area contributed by atoms with Crippen molar-refractivity contribution in [2.45, 2.75) is 25.3 Å². The zero-order chi connectivity index (χ0) is 65.2. The number of rotatable bonds is 26. The summed E-state index contributed by atoms with van der Waals surface area (Å²) >= 11 is 0. The lowest BCUT2D eigenvalue weighted by Crippen LogP contribution is -2.39. The monoisotopic (exact) mass is 1240 g/mol. The maximum Gasteiger partial charge on any atom is 0.291 e. The van der Waals surface area contributed by atoms with E-state index >= 15 is 0 Å². The van der Waals surface area contributed by atoms with Gasteiger partial charge >= 0.3 is 0 Å². The van der Waals surface area contributed by atoms with E-state index in [9.17, 15) is 47.9 Å². The Morgan fingerprint density at radius 2 is 0.822 bits per heavy atom. The Kier molecular flexibility index (Phi) is 20.1. The minimum absolute atomic E-state index is 0.00340. The molecule has 0 fully saturated rings. The maximum absolute atomic E-state index is 13.5. The molecule has 90 heavy (non-hydrogen) atoms. The van der Waals surface area contributed by atoms with Crippen LogP contribution in [0.2, 0.25) is 0 Å². The van der Waals surface area contributed by atoms with Crippen molar-refractivity contribution in [1.82, 2.24) is 72.3 Å². The topological polar surface area (TPSA) is 398 Å². The van der Waals surface area contributed by atoms with Gasteiger partial charge in [-0.3, -0.25) is 47.9 Å². The van der Waals surface area contributed by atoms with Crippen molar-refractivity contribution < 1.29 is 47.9 Å². The molecule has 0 aromatic carbocycles. The molecule has 0 spiro atoms. The van der Waals surface area contributed by atoms with Crippen molar-refractivity contribution in [2.75, 3.05) is 77.5 Å². The Labute approximate surface area is 514 Å². The quantitative estimate of drug-likeness (QED) is 0.0341. The summed E-state index contributed by atoms with van der Waals surface area (Å²) in [6, 6.07) is 6.24. The summed E-state index contributed by atoms with van der Waals surface area (Å²) in [4.78, 5) is 146. The highest BCUT2D eigenvalue weighted by molar-refractivity contribution is 6.10. The molecular weight excluding hydrogens is 1170 g/mol. The molecule has 8 aromatic heterocycles. The van der Waals surface area contributed by atoms with Gasteiger partial charge in [0.05, 0.1) is 34.5 Å². The standard InChI is InChI=1S/C57H71N23O10/c1-72(2)18-11-14-59-45(81)13-16-61-50(83)38-20-33(26-74(38)4)64-51(84)40-24-36(29-76(40)6)67-57(90)48-69-44(31-80(48)10)71-53(86)41-21-32(25-77(41)7)63-49(82)37(58)12-15-62-55(88)47-68-43(30-79(47)9)70-54(87)42-22-34(27-78(42)8)65-52(85)39-23-35(28-75(39)5)66-56(89)46-60-17-19-73(46)3/h17,19-31,37H,11-16,18,58H2,1-10H3,(H,59,81)(H,61,83)(H,62,88)(H,63,82)(H,64,84)(H,65,85)(H,66,89)(H,67,90)(H,70,87)(H,71,86)/t37-/m1/s1. The third kappa shape index (κ3) is 16.0. The van der Waals surface area contributed by atoms with Gasteiger partial charge < -0.3 is 100 Å². The number of hydrogen-bond acceptors (Lipinski definition) is 15. The Morgan fingerprint density at radius 1 is 0.433 bits per heavy atom. The van der Waals surface area contributed by atoms with Gasteiger partial charge in [-0.05, 0) is 63.8 Å². The van der Waals surface area contributed by atoms with Gasteiger partial charge in [0.15, 0.2) is 17.5 Å². The van der Waals surface area contributed by atoms with Gasteiger partial charge in [0, 0.05) is 138 Å². The van der Waals surface area contributed by atoms with Crippen LogP contribution in [0.1, 0.15) is 104 Å². The van der Waals surface area contributed by atoms with E-state index < -0.39 is 59.2 Å². The lowest BCUT2D eigenvalue weighted by Gasteiger charge is -2.12. The third-order valence-electron chi connectivity index (χ3n) is 14.0. The van der Waals surface area contributed by atoms with Crippen LogP contribution in [0.3, 0.4) is 0 Å². The molecule has 8 heterocycles. The highest BCUT2D eigenvalue weighted by Crippen LogP contribution is 2.22. The van der Waals surface area contributed by atoms with Crippen LogP contribution in [0.15, 0.2) is 86.1 Å². The molecule has 8 rings (SSSR count). The van der Waals surface area contributed by atoms with E-state index in [1.807, 2.05) is 19.0 Å². The Morgan fingerprint density at radius 3 is 1.26 bits per heavy atom. The number of carbonyl (C=O) groups is 10. The van der Waals surface area contributed by atoms with Crippen LogP contribution in [-0.2, 0) is 66.0 Å². The molecule has 33 heteroatoms. The minimum atomic E-state index is -1.10. The van der Waals surface area contributed by atoms with Crippen LogP contribution in [0.4, 0.5) is 40.1 Å². The van der Waals surface area contributed by atoms with Crippen molar-refractivity contribution in [2.24, 2.45) is 62.1 Å². The van der Waals surface area contributed by atoms with Gasteiger partial charge in [-0.15, -0.1) is 0 Å². The zero-order valence-electron chi connectivity index (χ0n) is 51.1. The molecule has 33 nitrogen and oxygen atoms in total. The van der Waals surface area contributed by atoms with Gasteiger partial charge in [-0.2, -0.15) is 0 Å². The fraction of sp³-hybridized carbons (Fsp3) is 0.316. The fourth-order valence-corrected chi connectivity index (χ4v) is 9.36. The lowest BCUT2D eigenvalue weighted by molar-refractivity contribution is -0.121. The Bertz CT molecular complexity index is 4060. The van der Waals surface area contributed by atoms with Crippen LogP contribution in [0.5, 0.6) is 0 Å². The van der Waals surface area contributed by atoms with E-state index in [1.54, 1.807) is 90.3 Å². The number of anilines is 7. The largest absolute Gasteiger partial charge is 0.356 e. The van der Waals surface area contributed by atoms with Gasteiger partial charge in [-0.1, -0.05) is 0 Å². The predicted molar refractivity (Wildman–Crippen MR) is 331 cm³/mol. The first-order valence-electron chi connectivity index (χ1n) is 28.0. The molecule has 0 bridgehead atoms. The number of nitrogens with zero attached hydrogens (tertiary/aromatic N) is 12. The van der Waals surface area contributed by atoms with Crippen molar-refractivity contribution >= 4 is 99.1 Å². The minimum Gasteiger partial charge on any atom is -0.356 e. The first-order chi connectivity index (χ1) is 42.7. The molecule has 0 radical (unpaired) electrons.